The highest BCUT2D eigenvalue weighted by Gasteiger charge is 2.10. The Hall–Kier alpha value is -0.310. The van der Waals surface area contributed by atoms with E-state index in [1.54, 1.807) is 0 Å². The summed E-state index contributed by atoms with van der Waals surface area (Å²) in [5, 5.41) is 3.87. The van der Waals surface area contributed by atoms with Crippen LogP contribution in [0.3, 0.4) is 0 Å². The van der Waals surface area contributed by atoms with Gasteiger partial charge < -0.3 is 4.52 Å². The number of halogens is 1. The zero-order valence-corrected chi connectivity index (χ0v) is 8.60. The van der Waals surface area contributed by atoms with E-state index in [1.807, 2.05) is 13.8 Å². The Balaban J connectivity index is 2.83. The molecule has 3 heteroatoms. The number of aromatic nitrogens is 1. The van der Waals surface area contributed by atoms with E-state index in [4.69, 9.17) is 4.52 Å². The molecule has 0 spiro atoms. The van der Waals surface area contributed by atoms with Crippen LogP contribution < -0.4 is 0 Å². The van der Waals surface area contributed by atoms with Crippen molar-refractivity contribution in [2.24, 2.45) is 0 Å². The number of aryl methyl sites for hydroxylation is 2. The fourth-order valence-corrected chi connectivity index (χ4v) is 1.40. The van der Waals surface area contributed by atoms with Gasteiger partial charge >= 0.3 is 0 Å². The molecule has 0 aliphatic heterocycles. The number of hydrogen-bond acceptors (Lipinski definition) is 2. The van der Waals surface area contributed by atoms with Gasteiger partial charge in [0.15, 0.2) is 0 Å². The fourth-order valence-electron chi connectivity index (χ4n) is 1.07. The number of alkyl halides is 1. The van der Waals surface area contributed by atoms with E-state index in [0.29, 0.717) is 4.83 Å². The summed E-state index contributed by atoms with van der Waals surface area (Å²) in [7, 11) is 0. The molecule has 1 aromatic rings. The Bertz CT molecular complexity index is 223. The van der Waals surface area contributed by atoms with E-state index >= 15 is 0 Å². The molecule has 0 aliphatic rings. The first-order valence-electron chi connectivity index (χ1n) is 3.67. The van der Waals surface area contributed by atoms with Crippen molar-refractivity contribution in [1.82, 2.24) is 5.16 Å². The first-order valence-corrected chi connectivity index (χ1v) is 4.58. The Morgan fingerprint density at radius 1 is 1.55 bits per heavy atom. The molecule has 1 atom stereocenters. The summed E-state index contributed by atoms with van der Waals surface area (Å²) in [6.07, 6.45) is 0.987. The smallest absolute Gasteiger partial charge is 0.137 e. The molecule has 0 aromatic carbocycles. The van der Waals surface area contributed by atoms with Crippen LogP contribution in [0.5, 0.6) is 0 Å². The molecule has 0 amide bonds. The van der Waals surface area contributed by atoms with E-state index in [-0.39, 0.29) is 0 Å². The van der Waals surface area contributed by atoms with Gasteiger partial charge in [0.1, 0.15) is 5.76 Å². The monoisotopic (exact) mass is 217 g/mol. The van der Waals surface area contributed by atoms with Crippen molar-refractivity contribution >= 4 is 15.9 Å². The first kappa shape index (κ1) is 8.78. The summed E-state index contributed by atoms with van der Waals surface area (Å²) < 4.78 is 5.03. The summed E-state index contributed by atoms with van der Waals surface area (Å²) >= 11 is 3.49. The quantitative estimate of drug-likeness (QED) is 0.713. The topological polar surface area (TPSA) is 26.0 Å². The van der Waals surface area contributed by atoms with Gasteiger partial charge in [-0.1, -0.05) is 28.0 Å². The molecular weight excluding hydrogens is 206 g/mol. The number of rotatable bonds is 2. The minimum Gasteiger partial charge on any atom is -0.361 e. The molecule has 1 rings (SSSR count). The fraction of sp³-hybridized carbons (Fsp3) is 0.625. The zero-order valence-electron chi connectivity index (χ0n) is 7.02. The molecule has 2 nitrogen and oxygen atoms in total. The number of hydrogen-bond donors (Lipinski definition) is 0. The summed E-state index contributed by atoms with van der Waals surface area (Å²) in [6.45, 7) is 6.04. The number of nitrogens with zero attached hydrogens (tertiary/aromatic N) is 1. The third kappa shape index (κ3) is 2.06. The second-order valence-corrected chi connectivity index (χ2v) is 4.35. The second kappa shape index (κ2) is 3.39. The van der Waals surface area contributed by atoms with Crippen LogP contribution in [0.4, 0.5) is 0 Å². The van der Waals surface area contributed by atoms with Crippen LogP contribution in [-0.2, 0) is 6.42 Å². The van der Waals surface area contributed by atoms with Gasteiger partial charge in [-0.25, -0.2) is 0 Å². The van der Waals surface area contributed by atoms with Crippen molar-refractivity contribution in [3.05, 3.63) is 17.0 Å². The summed E-state index contributed by atoms with van der Waals surface area (Å²) in [5.41, 5.74) is 2.24. The van der Waals surface area contributed by atoms with Crippen LogP contribution >= 0.6 is 15.9 Å². The highest BCUT2D eigenvalue weighted by atomic mass is 79.9. The van der Waals surface area contributed by atoms with Crippen LogP contribution in [-0.4, -0.2) is 9.98 Å². The molecule has 0 radical (unpaired) electrons. The minimum absolute atomic E-state index is 0.485. The first-order chi connectivity index (χ1) is 5.11. The molecular formula is C8H12BrNO. The minimum atomic E-state index is 0.485. The second-order valence-electron chi connectivity index (χ2n) is 2.79. The third-order valence-corrected chi connectivity index (χ3v) is 1.99. The van der Waals surface area contributed by atoms with Crippen molar-refractivity contribution in [3.63, 3.8) is 0 Å². The summed E-state index contributed by atoms with van der Waals surface area (Å²) in [6, 6.07) is 0. The lowest BCUT2D eigenvalue weighted by atomic mass is 10.1. The van der Waals surface area contributed by atoms with E-state index in [1.165, 1.54) is 5.56 Å². The van der Waals surface area contributed by atoms with Crippen LogP contribution in [0.2, 0.25) is 0 Å². The highest BCUT2D eigenvalue weighted by Crippen LogP contribution is 2.16. The van der Waals surface area contributed by atoms with Crippen molar-refractivity contribution in [2.45, 2.75) is 32.0 Å². The van der Waals surface area contributed by atoms with Crippen LogP contribution in [0, 0.1) is 13.8 Å². The van der Waals surface area contributed by atoms with Crippen molar-refractivity contribution in [1.29, 1.82) is 0 Å². The lowest BCUT2D eigenvalue weighted by Crippen LogP contribution is -1.98. The Kier molecular flexibility index (Phi) is 2.71. The standard InChI is InChI=1S/C8H12BrNO/c1-5(9)4-8-6(2)10-11-7(8)3/h5H,4H2,1-3H3. The van der Waals surface area contributed by atoms with Gasteiger partial charge in [-0.15, -0.1) is 0 Å². The molecule has 1 heterocycles. The molecule has 0 fully saturated rings. The van der Waals surface area contributed by atoms with Gasteiger partial charge in [0.05, 0.1) is 5.69 Å². The Morgan fingerprint density at radius 2 is 2.18 bits per heavy atom. The molecule has 1 unspecified atom stereocenters. The van der Waals surface area contributed by atoms with Crippen LogP contribution in [0.25, 0.3) is 0 Å². The zero-order chi connectivity index (χ0) is 8.43. The van der Waals surface area contributed by atoms with Gasteiger partial charge in [-0.2, -0.15) is 0 Å². The molecule has 0 aliphatic carbocycles. The van der Waals surface area contributed by atoms with Crippen molar-refractivity contribution in [3.8, 4) is 0 Å². The average Bonchev–Trinajstić information content (AvgIpc) is 2.18. The Morgan fingerprint density at radius 3 is 2.55 bits per heavy atom. The van der Waals surface area contributed by atoms with E-state index < -0.39 is 0 Å². The molecule has 1 aromatic heterocycles. The molecule has 0 N–H and O–H groups in total. The molecule has 0 bridgehead atoms. The molecule has 62 valence electrons. The largest absolute Gasteiger partial charge is 0.361 e. The third-order valence-electron chi connectivity index (χ3n) is 1.67. The molecule has 0 saturated carbocycles. The van der Waals surface area contributed by atoms with E-state index in [2.05, 4.69) is 28.0 Å². The summed E-state index contributed by atoms with van der Waals surface area (Å²) in [5.74, 6) is 0.939. The van der Waals surface area contributed by atoms with Crippen LogP contribution in [0.1, 0.15) is 23.9 Å². The maximum Gasteiger partial charge on any atom is 0.137 e. The predicted octanol–water partition coefficient (Wildman–Crippen LogP) is 2.62. The SMILES string of the molecule is Cc1noc(C)c1CC(C)Br. The maximum atomic E-state index is 5.03. The van der Waals surface area contributed by atoms with Crippen molar-refractivity contribution in [2.75, 3.05) is 0 Å². The molecule has 11 heavy (non-hydrogen) atoms. The summed E-state index contributed by atoms with van der Waals surface area (Å²) in [4.78, 5) is 0.485. The van der Waals surface area contributed by atoms with E-state index in [0.717, 1.165) is 17.9 Å². The van der Waals surface area contributed by atoms with E-state index in [9.17, 15) is 0 Å². The maximum absolute atomic E-state index is 5.03. The van der Waals surface area contributed by atoms with Crippen molar-refractivity contribution < 1.29 is 4.52 Å². The highest BCUT2D eigenvalue weighted by molar-refractivity contribution is 9.09. The van der Waals surface area contributed by atoms with Crippen LogP contribution in [0.15, 0.2) is 4.52 Å². The lowest BCUT2D eigenvalue weighted by Gasteiger charge is -2.00. The predicted molar refractivity (Wildman–Crippen MR) is 48.1 cm³/mol. The molecule has 0 saturated heterocycles. The normalized spacial score (nSPS) is 13.5. The average molecular weight is 218 g/mol. The van der Waals surface area contributed by atoms with Gasteiger partial charge in [0, 0.05) is 10.4 Å². The Labute approximate surface area is 75.1 Å². The van der Waals surface area contributed by atoms with Gasteiger partial charge in [-0.3, -0.25) is 0 Å². The van der Waals surface area contributed by atoms with Gasteiger partial charge in [0.2, 0.25) is 0 Å². The van der Waals surface area contributed by atoms with Gasteiger partial charge in [0.25, 0.3) is 0 Å². The lowest BCUT2D eigenvalue weighted by molar-refractivity contribution is 0.392. The van der Waals surface area contributed by atoms with Gasteiger partial charge in [-0.05, 0) is 20.3 Å².